The molecule has 2 aromatic carbocycles. The second kappa shape index (κ2) is 5.89. The largest absolute Gasteiger partial charge is 0.483 e. The number of benzene rings is 2. The van der Waals surface area contributed by atoms with Crippen LogP contribution in [-0.2, 0) is 16.5 Å². The molecule has 0 radical (unpaired) electrons. The van der Waals surface area contributed by atoms with Crippen molar-refractivity contribution in [2.45, 2.75) is 30.8 Å². The molecule has 0 unspecified atom stereocenters. The Morgan fingerprint density at radius 1 is 1.28 bits per heavy atom. The quantitative estimate of drug-likeness (QED) is 0.453. The minimum atomic E-state index is -4.44. The van der Waals surface area contributed by atoms with E-state index in [4.69, 9.17) is 20.5 Å². The summed E-state index contributed by atoms with van der Waals surface area (Å²) < 4.78 is 36.1. The zero-order chi connectivity index (χ0) is 18.4. The summed E-state index contributed by atoms with van der Waals surface area (Å²) >= 11 is 5.72. The van der Waals surface area contributed by atoms with Crippen molar-refractivity contribution in [2.24, 2.45) is 0 Å². The molecular weight excluding hydrogens is 370 g/mol. The molecular formula is C16H14ClNO6S. The number of fused-ring (bicyclic) bond motifs is 1. The Morgan fingerprint density at radius 3 is 2.68 bits per heavy atom. The van der Waals surface area contributed by atoms with E-state index in [0.717, 1.165) is 17.7 Å². The van der Waals surface area contributed by atoms with Gasteiger partial charge in [-0.05, 0) is 32.0 Å². The van der Waals surface area contributed by atoms with Gasteiger partial charge in [0.25, 0.3) is 5.69 Å². The summed E-state index contributed by atoms with van der Waals surface area (Å²) in [7, 11) is -4.44. The molecule has 25 heavy (non-hydrogen) atoms. The Morgan fingerprint density at radius 2 is 2.00 bits per heavy atom. The first kappa shape index (κ1) is 17.5. The molecule has 132 valence electrons. The number of rotatable bonds is 4. The summed E-state index contributed by atoms with van der Waals surface area (Å²) in [6, 6.07) is 8.16. The highest BCUT2D eigenvalue weighted by molar-refractivity contribution is 7.87. The summed E-state index contributed by atoms with van der Waals surface area (Å²) in [4.78, 5) is 9.75. The first-order valence-electron chi connectivity index (χ1n) is 7.28. The minimum absolute atomic E-state index is 0.00711. The van der Waals surface area contributed by atoms with Gasteiger partial charge in [0.05, 0.1) is 4.92 Å². The fraction of sp³-hybridized carbons (Fsp3) is 0.250. The van der Waals surface area contributed by atoms with Gasteiger partial charge in [0.1, 0.15) is 5.60 Å². The lowest BCUT2D eigenvalue weighted by Gasteiger charge is -2.18. The van der Waals surface area contributed by atoms with Crippen molar-refractivity contribution in [3.05, 3.63) is 57.1 Å². The molecule has 1 aliphatic rings. The highest BCUT2D eigenvalue weighted by Gasteiger charge is 2.35. The van der Waals surface area contributed by atoms with E-state index in [2.05, 4.69) is 0 Å². The van der Waals surface area contributed by atoms with E-state index in [1.165, 1.54) is 12.1 Å². The van der Waals surface area contributed by atoms with Crippen molar-refractivity contribution < 1.29 is 22.3 Å². The highest BCUT2D eigenvalue weighted by atomic mass is 35.5. The van der Waals surface area contributed by atoms with E-state index >= 15 is 0 Å². The van der Waals surface area contributed by atoms with Gasteiger partial charge in [-0.3, -0.25) is 10.1 Å². The zero-order valence-corrected chi connectivity index (χ0v) is 14.9. The van der Waals surface area contributed by atoms with E-state index in [9.17, 15) is 18.5 Å². The molecule has 0 bridgehead atoms. The van der Waals surface area contributed by atoms with Crippen LogP contribution in [0.2, 0.25) is 5.02 Å². The molecule has 0 atom stereocenters. The van der Waals surface area contributed by atoms with Gasteiger partial charge in [0.15, 0.2) is 16.4 Å². The van der Waals surface area contributed by atoms with Gasteiger partial charge < -0.3 is 8.92 Å². The third-order valence-corrected chi connectivity index (χ3v) is 5.16. The normalized spacial score (nSPS) is 15.3. The van der Waals surface area contributed by atoms with E-state index in [1.807, 2.05) is 19.9 Å². The lowest BCUT2D eigenvalue weighted by Crippen LogP contribution is -2.24. The predicted molar refractivity (Wildman–Crippen MR) is 90.8 cm³/mol. The monoisotopic (exact) mass is 383 g/mol. The van der Waals surface area contributed by atoms with Crippen molar-refractivity contribution in [1.29, 1.82) is 0 Å². The number of hydrogen-bond acceptors (Lipinski definition) is 6. The maximum absolute atomic E-state index is 12.6. The van der Waals surface area contributed by atoms with Crippen LogP contribution in [-0.4, -0.2) is 18.9 Å². The van der Waals surface area contributed by atoms with Crippen molar-refractivity contribution in [1.82, 2.24) is 0 Å². The number of nitro groups is 1. The smallest absolute Gasteiger partial charge is 0.346 e. The third-order valence-electron chi connectivity index (χ3n) is 3.64. The number of nitrogens with zero attached hydrogens (tertiary/aromatic N) is 1. The Hall–Kier alpha value is -2.32. The van der Waals surface area contributed by atoms with Gasteiger partial charge >= 0.3 is 10.1 Å². The third kappa shape index (κ3) is 3.40. The van der Waals surface area contributed by atoms with Crippen LogP contribution in [0.15, 0.2) is 41.3 Å². The molecule has 0 spiro atoms. The highest BCUT2D eigenvalue weighted by Crippen LogP contribution is 2.43. The van der Waals surface area contributed by atoms with Gasteiger partial charge in [-0.15, -0.1) is 0 Å². The molecule has 0 aromatic heterocycles. The number of ether oxygens (including phenoxy) is 1. The average Bonchev–Trinajstić information content (AvgIpc) is 2.81. The Kier molecular flexibility index (Phi) is 4.12. The lowest BCUT2D eigenvalue weighted by molar-refractivity contribution is -0.387. The van der Waals surface area contributed by atoms with E-state index in [0.29, 0.717) is 12.2 Å². The summed E-state index contributed by atoms with van der Waals surface area (Å²) in [6.07, 6.45) is 0.598. The van der Waals surface area contributed by atoms with Crippen LogP contribution < -0.4 is 8.92 Å². The van der Waals surface area contributed by atoms with Gasteiger partial charge in [-0.2, -0.15) is 8.42 Å². The molecule has 2 aromatic rings. The topological polar surface area (TPSA) is 95.7 Å². The summed E-state index contributed by atoms with van der Waals surface area (Å²) in [6.45, 7) is 3.74. The predicted octanol–water partition coefficient (Wildman–Crippen LogP) is 3.73. The summed E-state index contributed by atoms with van der Waals surface area (Å²) in [5.74, 6) is 0.319. The molecule has 1 heterocycles. The second-order valence-corrected chi connectivity index (χ2v) is 8.14. The first-order chi connectivity index (χ1) is 11.6. The molecule has 0 N–H and O–H groups in total. The van der Waals surface area contributed by atoms with Crippen molar-refractivity contribution in [3.63, 3.8) is 0 Å². The maximum Gasteiger partial charge on any atom is 0.346 e. The van der Waals surface area contributed by atoms with Gasteiger partial charge in [-0.25, -0.2) is 0 Å². The number of halogens is 1. The second-order valence-electron chi connectivity index (χ2n) is 6.19. The number of hydrogen-bond donors (Lipinski definition) is 0. The molecule has 9 heteroatoms. The molecule has 0 fully saturated rings. The first-order valence-corrected chi connectivity index (χ1v) is 9.07. The van der Waals surface area contributed by atoms with Crippen LogP contribution in [0.1, 0.15) is 19.4 Å². The van der Waals surface area contributed by atoms with Gasteiger partial charge in [0.2, 0.25) is 0 Å². The zero-order valence-electron chi connectivity index (χ0n) is 13.4. The van der Waals surface area contributed by atoms with Gasteiger partial charge in [-0.1, -0.05) is 23.7 Å². The fourth-order valence-electron chi connectivity index (χ4n) is 2.66. The molecule has 1 aliphatic heterocycles. The molecule has 0 aliphatic carbocycles. The minimum Gasteiger partial charge on any atom is -0.483 e. The van der Waals surface area contributed by atoms with Crippen LogP contribution in [0.5, 0.6) is 11.5 Å². The SMILES string of the molecule is CC1(C)Cc2cccc(OS(=O)(=O)c3ccc(Cl)cc3[N+](=O)[O-])c2O1. The van der Waals surface area contributed by atoms with Crippen molar-refractivity contribution in [3.8, 4) is 11.5 Å². The van der Waals surface area contributed by atoms with Crippen LogP contribution in [0.4, 0.5) is 5.69 Å². The summed E-state index contributed by atoms with van der Waals surface area (Å²) in [5.41, 5.74) is -0.331. The molecule has 0 saturated heterocycles. The standard InChI is InChI=1S/C16H14ClNO6S/c1-16(2)9-10-4-3-5-13(15(10)23-16)24-25(21,22)14-7-6-11(17)8-12(14)18(19)20/h3-8H,9H2,1-2H3. The van der Waals surface area contributed by atoms with E-state index in [1.54, 1.807) is 6.07 Å². The Balaban J connectivity index is 2.03. The van der Waals surface area contributed by atoms with E-state index < -0.39 is 31.2 Å². The van der Waals surface area contributed by atoms with Gasteiger partial charge in [0, 0.05) is 23.1 Å². The number of nitro benzene ring substituents is 1. The molecule has 7 nitrogen and oxygen atoms in total. The lowest BCUT2D eigenvalue weighted by atomic mass is 10.0. The van der Waals surface area contributed by atoms with Crippen LogP contribution in [0, 0.1) is 10.1 Å². The molecule has 3 rings (SSSR count). The maximum atomic E-state index is 12.6. The van der Waals surface area contributed by atoms with E-state index in [-0.39, 0.29) is 10.8 Å². The molecule has 0 amide bonds. The van der Waals surface area contributed by atoms with Crippen LogP contribution in [0.25, 0.3) is 0 Å². The van der Waals surface area contributed by atoms with Crippen molar-refractivity contribution in [2.75, 3.05) is 0 Å². The summed E-state index contributed by atoms with van der Waals surface area (Å²) in [5, 5.41) is 11.2. The Bertz CT molecular complexity index is 971. The molecule has 0 saturated carbocycles. The van der Waals surface area contributed by atoms with Crippen LogP contribution in [0.3, 0.4) is 0 Å². The fourth-order valence-corrected chi connectivity index (χ4v) is 3.91. The Labute approximate surface area is 149 Å². The average molecular weight is 384 g/mol. The van der Waals surface area contributed by atoms with Crippen LogP contribution >= 0.6 is 11.6 Å². The van der Waals surface area contributed by atoms with Crippen molar-refractivity contribution >= 4 is 27.4 Å². The number of para-hydroxylation sites is 1.